The Balaban J connectivity index is 0.748. The highest BCUT2D eigenvalue weighted by Crippen LogP contribution is 2.76. The summed E-state index contributed by atoms with van der Waals surface area (Å²) in [4.78, 5) is 72.9. The molecule has 0 aromatic heterocycles. The number of hydrogen-bond donors (Lipinski definition) is 25. The Morgan fingerprint density at radius 1 is 0.450 bits per heavy atom. The van der Waals surface area contributed by atoms with Crippen molar-refractivity contribution in [1.82, 2.24) is 0 Å². The molecule has 14 aliphatic rings. The Morgan fingerprint density at radius 3 is 1.54 bits per heavy atom. The molecule has 0 radical (unpaired) electrons. The van der Waals surface area contributed by atoms with Crippen molar-refractivity contribution in [1.29, 1.82) is 0 Å². The third kappa shape index (κ3) is 23.8. The van der Waals surface area contributed by atoms with Gasteiger partial charge in [-0.15, -0.1) is 0 Å². The monoisotopic (exact) mass is 2150 g/mol. The Hall–Kier alpha value is -4.35. The van der Waals surface area contributed by atoms with Gasteiger partial charge in [0.05, 0.1) is 106 Å². The molecule has 9 saturated heterocycles. The number of esters is 3. The summed E-state index contributed by atoms with van der Waals surface area (Å²) >= 11 is 0. The van der Waals surface area contributed by atoms with E-state index in [4.69, 9.17) is 94.7 Å². The number of carbonyl (C=O) groups excluding carboxylic acids is 4. The second kappa shape index (κ2) is 48.4. The second-order valence-electron chi connectivity index (χ2n) is 45.6. The van der Waals surface area contributed by atoms with E-state index < -0.39 is 415 Å². The number of ether oxygens (including phenoxy) is 20. The minimum absolute atomic E-state index is 0.0104. The maximum absolute atomic E-state index is 16.7. The highest BCUT2D eigenvalue weighted by molar-refractivity contribution is 5.80. The van der Waals surface area contributed by atoms with E-state index >= 15 is 4.79 Å². The smallest absolute Gasteiger partial charge is 0.335 e. The van der Waals surface area contributed by atoms with E-state index in [1.54, 1.807) is 27.7 Å². The zero-order chi connectivity index (χ0) is 109. The first-order valence-corrected chi connectivity index (χ1v) is 52.2. The average Bonchev–Trinajstić information content (AvgIpc) is 1.10. The van der Waals surface area contributed by atoms with Gasteiger partial charge < -0.3 is 227 Å². The summed E-state index contributed by atoms with van der Waals surface area (Å²) in [5.74, 6) is -7.60. The lowest BCUT2D eigenvalue weighted by atomic mass is 9.33. The summed E-state index contributed by atoms with van der Waals surface area (Å²) < 4.78 is 123. The molecule has 149 heavy (non-hydrogen) atoms. The van der Waals surface area contributed by atoms with Gasteiger partial charge in [0.25, 0.3) is 0 Å². The predicted molar refractivity (Wildman–Crippen MR) is 494 cm³/mol. The number of hydrogen-bond acceptors (Lipinski definition) is 49. The molecule has 4 saturated carbocycles. The zero-order valence-corrected chi connectivity index (χ0v) is 85.9. The van der Waals surface area contributed by atoms with Crippen LogP contribution in [0.1, 0.15) is 193 Å². The molecular weight excluding hydrogens is 1990 g/mol. The molecule has 0 aromatic carbocycles. The van der Waals surface area contributed by atoms with E-state index in [1.165, 1.54) is 20.8 Å². The van der Waals surface area contributed by atoms with Crippen molar-refractivity contribution in [3.8, 4) is 0 Å². The lowest BCUT2D eigenvalue weighted by molar-refractivity contribution is -0.396. The molecule has 9 aliphatic heterocycles. The number of rotatable bonds is 37. The van der Waals surface area contributed by atoms with Gasteiger partial charge in [-0.3, -0.25) is 14.4 Å². The van der Waals surface area contributed by atoms with Crippen molar-refractivity contribution in [3.05, 3.63) is 11.6 Å². The molecule has 0 bridgehead atoms. The fraction of sp³-hybridized carbons (Fsp3) is 0.929. The summed E-state index contributed by atoms with van der Waals surface area (Å²) in [6.45, 7) is 19.4. The number of carboxylic acid groups (broad SMARTS) is 1. The maximum Gasteiger partial charge on any atom is 0.335 e. The molecule has 0 amide bonds. The van der Waals surface area contributed by atoms with Gasteiger partial charge in [0.1, 0.15) is 170 Å². The van der Waals surface area contributed by atoms with E-state index in [0.717, 1.165) is 11.9 Å². The van der Waals surface area contributed by atoms with E-state index in [2.05, 4.69) is 19.9 Å². The highest BCUT2D eigenvalue weighted by atomic mass is 16.8. The van der Waals surface area contributed by atoms with E-state index in [-0.39, 0.29) is 63.2 Å². The third-order valence-electron chi connectivity index (χ3n) is 35.5. The fourth-order valence-corrected chi connectivity index (χ4v) is 25.8. The van der Waals surface area contributed by atoms with Crippen LogP contribution >= 0.6 is 0 Å². The Labute approximate surface area is 861 Å². The van der Waals surface area contributed by atoms with Crippen molar-refractivity contribution < 1.29 is 246 Å². The van der Waals surface area contributed by atoms with Gasteiger partial charge in [-0.25, -0.2) is 4.79 Å². The number of aliphatic carboxylic acids is 1. The predicted octanol–water partition coefficient (Wildman–Crippen LogP) is -6.44. The standard InChI is InChI=1S/C99H160O50/c1-14-37(3)49(135-58(110)26-43(105)25-50(38(4)15-2)136-87-68(119)64(115)53(33-102)137-87)24-42(104)27-59(111)141-76-40(6)134-91(82(72(76)123)147-90-75(126)80(145-88-70(121)66(117)62(113)51(31-100)138-88)77(41(7)133-90)143-85-74(125)78(48(108)35-131-85)142-60-28-46(106)47(107)34-130-60)149-93(129)99-23-22-94(8,9)29-45(99)44-16-17-55-95(10)20-19-57(96(11,36-103)54(95)18-21-97(55,12)98(44,13)30-56(99)109)140-92-83(148-89-71(122)67(118)63(114)52(32-101)139-89)79(73(124)81(146-92)84(127)128)144-86-69(120)65(116)61(112)39(5)132-86/h16,36-43,45-57,60-83,85-92,100-102,104-109,112-126H,14-15,17-35H2,1-13H3,(H,127,128)/t37-,38-,39-,40+,41-,42-,43-,45-,46+,47+,48+,49-,50-,51+,52+,53-,54+,55+,56+,57-,60-,61-,62+,63-,64-,65+,66-,67-,68+,69+,70+,71+,72-,73-,74+,75+,76-,77-,78-,79-,80-,81-,82+,83+,85-,86-,87+,88-,89-,90-,91-,92+,95-,96-,97+,98+,99+/m0/s1. The van der Waals surface area contributed by atoms with E-state index in [9.17, 15) is 147 Å². The zero-order valence-electron chi connectivity index (χ0n) is 85.9. The van der Waals surface area contributed by atoms with Crippen LogP contribution in [0.15, 0.2) is 11.6 Å². The summed E-state index contributed by atoms with van der Waals surface area (Å²) in [6.07, 6.45) is -80.9. The van der Waals surface area contributed by atoms with Gasteiger partial charge in [-0.05, 0) is 130 Å². The van der Waals surface area contributed by atoms with Crippen LogP contribution in [0.4, 0.5) is 0 Å². The summed E-state index contributed by atoms with van der Waals surface area (Å²) in [5, 5.41) is 281. The lowest BCUT2D eigenvalue weighted by Crippen LogP contribution is -2.69. The number of fused-ring (bicyclic) bond motifs is 7. The van der Waals surface area contributed by atoms with Crippen LogP contribution in [-0.4, -0.2) is 479 Å². The number of aliphatic hydroxyl groups is 24. The van der Waals surface area contributed by atoms with Gasteiger partial charge in [0, 0.05) is 19.3 Å². The molecule has 856 valence electrons. The SMILES string of the molecule is CC[C@H](C)[C@H](C[C@H](O)CC(=O)O[C@@H]1[C@H](O)[C@@H](O[C@@H]2O[C@@H](C)[C@H](O[C@@H]3OC[C@@H](O)[C@H](O[C@H]4C[C@@H](O)[C@H](O)CO4)[C@H]3O)[C@@H](O[C@@H]3O[C@H](CO)[C@@H](O)[C@H](O)[C@H]3O)[C@H]2O)[C@H](OC(=O)[C@]23CCC(C)(C)C[C@H]2C2=CC[C@@H]4[C@@]5(C)CC[C@H](O[C@@H]6O[C@H](C(=O)O)[C@@H](O)[C@H](O[C@@H]7O[C@@H](C)[C@H](O)[C@@H](O)[C@H]7O)[C@H]6O[C@@H]6O[C@H](CO)[C@H](O)[C@H](O)[C@H]6O)[C@@](C)(C=O)[C@@H]5CC[C@@]4(C)[C@]2(C)C[C@H]3O)O[C@@H]1C)OC(=O)C[C@@H](O)C[C@H](O[C@@H]1O[C@@H](CO)[C@H](O)[C@H]1O)[C@@H](C)CC. The minimum atomic E-state index is -2.35. The quantitative estimate of drug-likeness (QED) is 0.00904. The molecule has 25 N–H and O–H groups in total. The van der Waals surface area contributed by atoms with Crippen LogP contribution in [0, 0.1) is 62.1 Å². The highest BCUT2D eigenvalue weighted by Gasteiger charge is 2.74. The molecule has 57 atom stereocenters. The van der Waals surface area contributed by atoms with Crippen LogP contribution < -0.4 is 0 Å². The summed E-state index contributed by atoms with van der Waals surface area (Å²) in [7, 11) is 0. The van der Waals surface area contributed by atoms with Crippen LogP contribution in [0.3, 0.4) is 0 Å². The Bertz CT molecular complexity index is 4430. The molecule has 0 aromatic rings. The van der Waals surface area contributed by atoms with Crippen LogP contribution in [0.5, 0.6) is 0 Å². The molecule has 14 rings (SSSR count). The van der Waals surface area contributed by atoms with Crippen molar-refractivity contribution in [3.63, 3.8) is 0 Å². The molecule has 50 heteroatoms. The van der Waals surface area contributed by atoms with Gasteiger partial charge in [0.15, 0.2) is 68.6 Å². The van der Waals surface area contributed by atoms with Crippen molar-refractivity contribution in [2.45, 2.75) is 481 Å². The largest absolute Gasteiger partial charge is 0.479 e. The number of allylic oxidation sites excluding steroid dienone is 2. The average molecular weight is 2150 g/mol. The first-order chi connectivity index (χ1) is 70.0. The minimum Gasteiger partial charge on any atom is -0.479 e. The Morgan fingerprint density at radius 2 is 0.953 bits per heavy atom. The van der Waals surface area contributed by atoms with E-state index in [1.807, 2.05) is 27.7 Å². The van der Waals surface area contributed by atoms with Crippen molar-refractivity contribution >= 4 is 30.2 Å². The molecular formula is C99H160O50. The molecule has 0 unspecified atom stereocenters. The molecule has 50 nitrogen and oxygen atoms in total. The fourth-order valence-electron chi connectivity index (χ4n) is 25.8. The first-order valence-electron chi connectivity index (χ1n) is 52.2. The molecule has 5 aliphatic carbocycles. The third-order valence-corrected chi connectivity index (χ3v) is 35.5. The molecule has 0 spiro atoms. The van der Waals surface area contributed by atoms with Crippen LogP contribution in [-0.2, 0) is 119 Å². The Kier molecular flexibility index (Phi) is 39.0. The van der Waals surface area contributed by atoms with Gasteiger partial charge >= 0.3 is 23.9 Å². The topological polar surface area (TPSA) is 776 Å². The molecule has 13 fully saturated rings. The van der Waals surface area contributed by atoms with Gasteiger partial charge in [-0.1, -0.05) is 93.7 Å². The summed E-state index contributed by atoms with van der Waals surface area (Å²) in [6, 6.07) is 0. The van der Waals surface area contributed by atoms with Crippen LogP contribution in [0.25, 0.3) is 0 Å². The second-order valence-corrected chi connectivity index (χ2v) is 45.6. The lowest BCUT2D eigenvalue weighted by Gasteiger charge is -2.71. The first kappa shape index (κ1) is 120. The molecule has 9 heterocycles. The number of aldehydes is 1. The summed E-state index contributed by atoms with van der Waals surface area (Å²) in [5.41, 5.74) is -5.88. The van der Waals surface area contributed by atoms with Gasteiger partial charge in [-0.2, -0.15) is 0 Å². The number of carbonyl (C=O) groups is 5. The maximum atomic E-state index is 16.7. The van der Waals surface area contributed by atoms with Crippen molar-refractivity contribution in [2.24, 2.45) is 62.1 Å². The van der Waals surface area contributed by atoms with Crippen molar-refractivity contribution in [2.75, 3.05) is 33.0 Å². The number of aliphatic hydroxyl groups excluding tert-OH is 24. The van der Waals surface area contributed by atoms with Gasteiger partial charge in [0.2, 0.25) is 6.29 Å². The number of carboxylic acids is 1. The normalized spacial score (nSPS) is 49.2. The van der Waals surface area contributed by atoms with Crippen LogP contribution in [0.2, 0.25) is 0 Å². The van der Waals surface area contributed by atoms with E-state index in [0.29, 0.717) is 32.1 Å².